The van der Waals surface area contributed by atoms with Crippen LogP contribution in [0.25, 0.3) is 0 Å². The number of rotatable bonds is 4. The van der Waals surface area contributed by atoms with E-state index in [1.54, 1.807) is 12.1 Å². The van der Waals surface area contributed by atoms with E-state index in [1.807, 2.05) is 12.1 Å². The van der Waals surface area contributed by atoms with Crippen LogP contribution in [-0.4, -0.2) is 0 Å². The molecule has 0 aliphatic carbocycles. The Balaban J connectivity index is 2.12. The van der Waals surface area contributed by atoms with Crippen LogP contribution in [0.5, 0.6) is 0 Å². The Morgan fingerprint density at radius 3 is 2.58 bits per heavy atom. The Bertz CT molecular complexity index is 546. The van der Waals surface area contributed by atoms with Crippen molar-refractivity contribution >= 4 is 17.3 Å². The van der Waals surface area contributed by atoms with Crippen LogP contribution in [0.3, 0.4) is 0 Å². The van der Waals surface area contributed by atoms with Gasteiger partial charge in [-0.1, -0.05) is 43.6 Å². The highest BCUT2D eigenvalue weighted by molar-refractivity contribution is 6.31. The van der Waals surface area contributed by atoms with Crippen molar-refractivity contribution in [1.29, 1.82) is 0 Å². The molecular weight excluding hydrogens is 261 g/mol. The van der Waals surface area contributed by atoms with Crippen molar-refractivity contribution in [2.75, 3.05) is 5.32 Å². The Kier molecular flexibility index (Phi) is 4.43. The van der Waals surface area contributed by atoms with Gasteiger partial charge in [-0.3, -0.25) is 0 Å². The lowest BCUT2D eigenvalue weighted by Gasteiger charge is -2.11. The Labute approximate surface area is 118 Å². The molecule has 2 aromatic carbocycles. The van der Waals surface area contributed by atoms with Crippen molar-refractivity contribution < 1.29 is 4.39 Å². The lowest BCUT2D eigenvalue weighted by atomic mass is 10.0. The molecule has 0 spiro atoms. The van der Waals surface area contributed by atoms with Crippen LogP contribution in [0.2, 0.25) is 5.02 Å². The average molecular weight is 278 g/mol. The SMILES string of the molecule is CC(C)c1cccc(NCc2c(F)cccc2Cl)c1. The van der Waals surface area contributed by atoms with Crippen LogP contribution in [0.15, 0.2) is 42.5 Å². The van der Waals surface area contributed by atoms with Crippen molar-refractivity contribution in [3.05, 3.63) is 64.4 Å². The fraction of sp³-hybridized carbons (Fsp3) is 0.250. The first-order valence-corrected chi connectivity index (χ1v) is 6.72. The summed E-state index contributed by atoms with van der Waals surface area (Å²) in [5.41, 5.74) is 2.73. The van der Waals surface area contributed by atoms with Gasteiger partial charge in [0.15, 0.2) is 0 Å². The lowest BCUT2D eigenvalue weighted by Crippen LogP contribution is -2.03. The first-order chi connectivity index (χ1) is 9.08. The van der Waals surface area contributed by atoms with Gasteiger partial charge in [0.25, 0.3) is 0 Å². The Hall–Kier alpha value is -1.54. The lowest BCUT2D eigenvalue weighted by molar-refractivity contribution is 0.613. The normalized spacial score (nSPS) is 10.8. The zero-order valence-electron chi connectivity index (χ0n) is 11.1. The van der Waals surface area contributed by atoms with Gasteiger partial charge in [0, 0.05) is 22.8 Å². The topological polar surface area (TPSA) is 12.0 Å². The van der Waals surface area contributed by atoms with Crippen LogP contribution in [0, 0.1) is 5.82 Å². The molecule has 2 rings (SSSR count). The molecular formula is C16H17ClFN. The van der Waals surface area contributed by atoms with Gasteiger partial charge in [0.05, 0.1) is 0 Å². The van der Waals surface area contributed by atoms with Crippen molar-refractivity contribution in [2.45, 2.75) is 26.3 Å². The van der Waals surface area contributed by atoms with E-state index in [-0.39, 0.29) is 5.82 Å². The molecule has 100 valence electrons. The van der Waals surface area contributed by atoms with E-state index in [0.717, 1.165) is 5.69 Å². The summed E-state index contributed by atoms with van der Waals surface area (Å²) < 4.78 is 13.6. The molecule has 0 bridgehead atoms. The summed E-state index contributed by atoms with van der Waals surface area (Å²) in [5, 5.41) is 3.66. The van der Waals surface area contributed by atoms with Crippen molar-refractivity contribution in [1.82, 2.24) is 0 Å². The number of halogens is 2. The maximum absolute atomic E-state index is 13.6. The summed E-state index contributed by atoms with van der Waals surface area (Å²) in [6, 6.07) is 12.9. The fourth-order valence-corrected chi connectivity index (χ4v) is 2.13. The molecule has 0 aliphatic rings. The van der Waals surface area contributed by atoms with E-state index in [1.165, 1.54) is 11.6 Å². The first kappa shape index (κ1) is 13.9. The average Bonchev–Trinajstić information content (AvgIpc) is 2.38. The molecule has 0 aliphatic heterocycles. The third-order valence-electron chi connectivity index (χ3n) is 3.08. The molecule has 2 aromatic rings. The van der Waals surface area contributed by atoms with E-state index in [0.29, 0.717) is 23.0 Å². The van der Waals surface area contributed by atoms with Crippen molar-refractivity contribution in [2.24, 2.45) is 0 Å². The molecule has 0 amide bonds. The molecule has 3 heteroatoms. The van der Waals surface area contributed by atoms with Crippen LogP contribution in [0.1, 0.15) is 30.9 Å². The van der Waals surface area contributed by atoms with Gasteiger partial charge >= 0.3 is 0 Å². The molecule has 0 radical (unpaired) electrons. The molecule has 0 saturated carbocycles. The summed E-state index contributed by atoms with van der Waals surface area (Å²) in [4.78, 5) is 0. The molecule has 1 nitrogen and oxygen atoms in total. The van der Waals surface area contributed by atoms with Gasteiger partial charge in [-0.25, -0.2) is 4.39 Å². The van der Waals surface area contributed by atoms with E-state index in [2.05, 4.69) is 31.3 Å². The van der Waals surface area contributed by atoms with Gasteiger partial charge in [-0.05, 0) is 35.7 Å². The van der Waals surface area contributed by atoms with Gasteiger partial charge in [0.2, 0.25) is 0 Å². The third-order valence-corrected chi connectivity index (χ3v) is 3.44. The minimum absolute atomic E-state index is 0.278. The second kappa shape index (κ2) is 6.07. The first-order valence-electron chi connectivity index (χ1n) is 6.34. The van der Waals surface area contributed by atoms with E-state index < -0.39 is 0 Å². The highest BCUT2D eigenvalue weighted by atomic mass is 35.5. The molecule has 19 heavy (non-hydrogen) atoms. The number of hydrogen-bond donors (Lipinski definition) is 1. The quantitative estimate of drug-likeness (QED) is 0.808. The summed E-state index contributed by atoms with van der Waals surface area (Å²) in [7, 11) is 0. The van der Waals surface area contributed by atoms with E-state index in [9.17, 15) is 4.39 Å². The van der Waals surface area contributed by atoms with Gasteiger partial charge < -0.3 is 5.32 Å². The van der Waals surface area contributed by atoms with Crippen LogP contribution in [0.4, 0.5) is 10.1 Å². The highest BCUT2D eigenvalue weighted by Crippen LogP contribution is 2.22. The third kappa shape index (κ3) is 3.48. The fourth-order valence-electron chi connectivity index (χ4n) is 1.90. The smallest absolute Gasteiger partial charge is 0.129 e. The minimum atomic E-state index is -0.278. The maximum Gasteiger partial charge on any atom is 0.129 e. The maximum atomic E-state index is 13.6. The van der Waals surface area contributed by atoms with Crippen molar-refractivity contribution in [3.8, 4) is 0 Å². The van der Waals surface area contributed by atoms with Crippen LogP contribution >= 0.6 is 11.6 Å². The summed E-state index contributed by atoms with van der Waals surface area (Å²) in [6.07, 6.45) is 0. The molecule has 0 unspecified atom stereocenters. The second-order valence-electron chi connectivity index (χ2n) is 4.83. The van der Waals surface area contributed by atoms with Crippen molar-refractivity contribution in [3.63, 3.8) is 0 Å². The Morgan fingerprint density at radius 1 is 1.16 bits per heavy atom. The van der Waals surface area contributed by atoms with Gasteiger partial charge in [-0.2, -0.15) is 0 Å². The molecule has 0 saturated heterocycles. The molecule has 0 fully saturated rings. The number of nitrogens with one attached hydrogen (secondary N) is 1. The standard InChI is InChI=1S/C16H17ClFN/c1-11(2)12-5-3-6-13(9-12)19-10-14-15(17)7-4-8-16(14)18/h3-9,11,19H,10H2,1-2H3. The minimum Gasteiger partial charge on any atom is -0.381 e. The number of anilines is 1. The zero-order chi connectivity index (χ0) is 13.8. The highest BCUT2D eigenvalue weighted by Gasteiger charge is 2.07. The molecule has 0 aromatic heterocycles. The molecule has 1 N–H and O–H groups in total. The van der Waals surface area contributed by atoms with Crippen LogP contribution in [-0.2, 0) is 6.54 Å². The largest absolute Gasteiger partial charge is 0.381 e. The van der Waals surface area contributed by atoms with Gasteiger partial charge in [0.1, 0.15) is 5.82 Å². The number of hydrogen-bond acceptors (Lipinski definition) is 1. The predicted octanol–water partition coefficient (Wildman–Crippen LogP) is 5.21. The summed E-state index contributed by atoms with van der Waals surface area (Å²) in [6.45, 7) is 4.67. The number of benzene rings is 2. The Morgan fingerprint density at radius 2 is 1.89 bits per heavy atom. The monoisotopic (exact) mass is 277 g/mol. The summed E-state index contributed by atoms with van der Waals surface area (Å²) >= 11 is 6.00. The molecule has 0 atom stereocenters. The van der Waals surface area contributed by atoms with E-state index >= 15 is 0 Å². The predicted molar refractivity (Wildman–Crippen MR) is 79.3 cm³/mol. The summed E-state index contributed by atoms with van der Waals surface area (Å²) in [5.74, 6) is 0.193. The zero-order valence-corrected chi connectivity index (χ0v) is 11.8. The van der Waals surface area contributed by atoms with E-state index in [4.69, 9.17) is 11.6 Å². The second-order valence-corrected chi connectivity index (χ2v) is 5.24. The van der Waals surface area contributed by atoms with Crippen LogP contribution < -0.4 is 5.32 Å². The van der Waals surface area contributed by atoms with Gasteiger partial charge in [-0.15, -0.1) is 0 Å². The molecule has 0 heterocycles.